The van der Waals surface area contributed by atoms with Crippen LogP contribution in [0.4, 0.5) is 5.69 Å². The van der Waals surface area contributed by atoms with Crippen LogP contribution in [-0.4, -0.2) is 99.2 Å². The Morgan fingerprint density at radius 3 is 2.60 bits per heavy atom. The molecule has 3 N–H and O–H groups in total. The molecule has 6 rings (SSSR count). The van der Waals surface area contributed by atoms with Gasteiger partial charge in [-0.05, 0) is 60.7 Å². The molecule has 13 nitrogen and oxygen atoms in total. The van der Waals surface area contributed by atoms with E-state index in [9.17, 15) is 24.3 Å². The number of fused-ring (bicyclic) bond motifs is 1. The van der Waals surface area contributed by atoms with Gasteiger partial charge in [-0.25, -0.2) is 9.78 Å². The first-order chi connectivity index (χ1) is 23.2. The minimum Gasteiger partial charge on any atom is -0.493 e. The number of anilines is 1. The van der Waals surface area contributed by atoms with Gasteiger partial charge in [-0.1, -0.05) is 24.3 Å². The van der Waals surface area contributed by atoms with Crippen LogP contribution in [0.25, 0.3) is 22.0 Å². The number of aromatic carboxylic acids is 1. The molecule has 2 aromatic carbocycles. The lowest BCUT2D eigenvalue weighted by molar-refractivity contribution is -0.134. The summed E-state index contributed by atoms with van der Waals surface area (Å²) in [6.07, 6.45) is 3.03. The molecule has 2 aliphatic rings. The van der Waals surface area contributed by atoms with Gasteiger partial charge in [-0.15, -0.1) is 0 Å². The first-order valence-electron chi connectivity index (χ1n) is 16.1. The summed E-state index contributed by atoms with van der Waals surface area (Å²) in [7, 11) is 1.79. The quantitative estimate of drug-likeness (QED) is 0.162. The van der Waals surface area contributed by atoms with Gasteiger partial charge in [-0.2, -0.15) is 5.10 Å². The summed E-state index contributed by atoms with van der Waals surface area (Å²) in [5.74, 6) is -1.53. The summed E-state index contributed by atoms with van der Waals surface area (Å²) in [6.45, 7) is 6.91. The van der Waals surface area contributed by atoms with Crippen LogP contribution in [0.5, 0.6) is 5.75 Å². The fourth-order valence-electron chi connectivity index (χ4n) is 6.51. The van der Waals surface area contributed by atoms with Crippen molar-refractivity contribution < 1.29 is 29.0 Å². The van der Waals surface area contributed by atoms with Crippen molar-refractivity contribution in [1.82, 2.24) is 29.9 Å². The molecular formula is C35H39N7O6. The molecule has 2 aromatic heterocycles. The molecule has 0 aliphatic carbocycles. The Hall–Kier alpha value is -5.14. The SMILES string of the molecule is Cc1c(OCCCN2CCN(CC(=O)Nc3cccc4c(C5CCC(=O)NC5=O)nn(C)c34)CC2)cccc1-c1ccnc(C(=O)O)c1. The molecule has 2 fully saturated rings. The first-order valence-corrected chi connectivity index (χ1v) is 16.1. The molecule has 0 spiro atoms. The zero-order valence-electron chi connectivity index (χ0n) is 27.1. The maximum absolute atomic E-state index is 13.1. The van der Waals surface area contributed by atoms with E-state index in [1.807, 2.05) is 43.3 Å². The van der Waals surface area contributed by atoms with E-state index >= 15 is 0 Å². The largest absolute Gasteiger partial charge is 0.493 e. The number of nitrogens with one attached hydrogen (secondary N) is 2. The monoisotopic (exact) mass is 653 g/mol. The van der Waals surface area contributed by atoms with Crippen molar-refractivity contribution in [3.63, 3.8) is 0 Å². The second kappa shape index (κ2) is 14.3. The van der Waals surface area contributed by atoms with E-state index in [1.165, 1.54) is 6.20 Å². The van der Waals surface area contributed by atoms with E-state index in [0.29, 0.717) is 24.4 Å². The number of carbonyl (C=O) groups is 4. The number of ether oxygens (including phenoxy) is 1. The zero-order chi connectivity index (χ0) is 33.8. The highest BCUT2D eigenvalue weighted by Crippen LogP contribution is 2.33. The Labute approximate surface area is 277 Å². The molecule has 1 unspecified atom stereocenters. The number of carboxylic acids is 1. The predicted molar refractivity (Wildman–Crippen MR) is 179 cm³/mol. The van der Waals surface area contributed by atoms with E-state index in [0.717, 1.165) is 72.5 Å². The summed E-state index contributed by atoms with van der Waals surface area (Å²) in [6, 6.07) is 14.7. The molecule has 0 saturated carbocycles. The van der Waals surface area contributed by atoms with Gasteiger partial charge in [0.25, 0.3) is 0 Å². The number of carboxylic acid groups (broad SMARTS) is 1. The van der Waals surface area contributed by atoms with Crippen LogP contribution in [-0.2, 0) is 21.4 Å². The lowest BCUT2D eigenvalue weighted by atomic mass is 9.92. The van der Waals surface area contributed by atoms with Gasteiger partial charge in [0.1, 0.15) is 11.4 Å². The maximum atomic E-state index is 13.1. The number of para-hydroxylation sites is 1. The van der Waals surface area contributed by atoms with Crippen molar-refractivity contribution in [1.29, 1.82) is 0 Å². The standard InChI is InChI=1S/C35H39N7O6/c1-22-24(23-12-13-36-28(20-23)35(46)47)6-4-9-29(22)48-19-5-14-41-15-17-42(18-16-41)21-31(44)37-27-8-3-7-25-32(39-40(2)33(25)27)26-10-11-30(43)38-34(26)45/h3-4,6-9,12-13,20,26H,5,10-11,14-19,21H2,1-2H3,(H,37,44)(H,46,47)(H,38,43,45). The zero-order valence-corrected chi connectivity index (χ0v) is 27.1. The van der Waals surface area contributed by atoms with Crippen molar-refractivity contribution in [2.45, 2.75) is 32.1 Å². The van der Waals surface area contributed by atoms with E-state index in [2.05, 4.69) is 30.5 Å². The molecule has 2 saturated heterocycles. The second-order valence-corrected chi connectivity index (χ2v) is 12.2. The molecule has 48 heavy (non-hydrogen) atoms. The van der Waals surface area contributed by atoms with Gasteiger partial charge in [0.05, 0.1) is 36.0 Å². The number of amides is 3. The molecule has 13 heteroatoms. The molecule has 250 valence electrons. The Morgan fingerprint density at radius 2 is 1.83 bits per heavy atom. The van der Waals surface area contributed by atoms with Crippen LogP contribution in [0.2, 0.25) is 0 Å². The van der Waals surface area contributed by atoms with Crippen LogP contribution in [0, 0.1) is 6.92 Å². The Balaban J connectivity index is 0.965. The smallest absolute Gasteiger partial charge is 0.354 e. The number of aromatic nitrogens is 3. The molecule has 2 aliphatic heterocycles. The van der Waals surface area contributed by atoms with Gasteiger partial charge in [-0.3, -0.25) is 29.3 Å². The fraction of sp³-hybridized carbons (Fsp3) is 0.371. The normalized spacial score (nSPS) is 17.3. The molecule has 4 heterocycles. The summed E-state index contributed by atoms with van der Waals surface area (Å²) in [5, 5.41) is 20.1. The summed E-state index contributed by atoms with van der Waals surface area (Å²) in [5.41, 5.74) is 4.63. The van der Waals surface area contributed by atoms with Gasteiger partial charge in [0.2, 0.25) is 17.7 Å². The van der Waals surface area contributed by atoms with E-state index in [-0.39, 0.29) is 36.4 Å². The number of hydrogen-bond acceptors (Lipinski definition) is 9. The minimum absolute atomic E-state index is 0.00312. The van der Waals surface area contributed by atoms with Gasteiger partial charge >= 0.3 is 5.97 Å². The summed E-state index contributed by atoms with van der Waals surface area (Å²) >= 11 is 0. The third kappa shape index (κ3) is 7.21. The highest BCUT2D eigenvalue weighted by molar-refractivity contribution is 6.05. The summed E-state index contributed by atoms with van der Waals surface area (Å²) < 4.78 is 7.80. The number of pyridine rings is 1. The number of rotatable bonds is 11. The van der Waals surface area contributed by atoms with Crippen molar-refractivity contribution >= 4 is 40.3 Å². The Bertz CT molecular complexity index is 1860. The minimum atomic E-state index is -1.06. The second-order valence-electron chi connectivity index (χ2n) is 12.2. The fourth-order valence-corrected chi connectivity index (χ4v) is 6.51. The number of benzene rings is 2. The third-order valence-corrected chi connectivity index (χ3v) is 9.02. The van der Waals surface area contributed by atoms with Gasteiger partial charge in [0.15, 0.2) is 0 Å². The van der Waals surface area contributed by atoms with Crippen molar-refractivity contribution in [2.24, 2.45) is 7.05 Å². The summed E-state index contributed by atoms with van der Waals surface area (Å²) in [4.78, 5) is 57.0. The van der Waals surface area contributed by atoms with Crippen LogP contribution in [0.1, 0.15) is 46.9 Å². The number of carbonyl (C=O) groups excluding carboxylic acids is 3. The number of hydrogen-bond donors (Lipinski definition) is 3. The number of aryl methyl sites for hydroxylation is 1. The number of nitrogens with zero attached hydrogens (tertiary/aromatic N) is 5. The van der Waals surface area contributed by atoms with E-state index in [1.54, 1.807) is 23.9 Å². The number of piperidine rings is 1. The Kier molecular flexibility index (Phi) is 9.78. The highest BCUT2D eigenvalue weighted by Gasteiger charge is 2.32. The van der Waals surface area contributed by atoms with Crippen LogP contribution < -0.4 is 15.4 Å². The molecule has 4 aromatic rings. The third-order valence-electron chi connectivity index (χ3n) is 9.02. The van der Waals surface area contributed by atoms with Gasteiger partial charge < -0.3 is 20.1 Å². The van der Waals surface area contributed by atoms with Crippen molar-refractivity contribution in [2.75, 3.05) is 51.2 Å². The highest BCUT2D eigenvalue weighted by atomic mass is 16.5. The lowest BCUT2D eigenvalue weighted by Gasteiger charge is -2.34. The van der Waals surface area contributed by atoms with Crippen LogP contribution >= 0.6 is 0 Å². The molecule has 0 radical (unpaired) electrons. The molecule has 3 amide bonds. The first kappa shape index (κ1) is 32.8. The number of piperazine rings is 1. The van der Waals surface area contributed by atoms with Gasteiger partial charge in [0, 0.05) is 57.8 Å². The topological polar surface area (TPSA) is 159 Å². The van der Waals surface area contributed by atoms with Crippen LogP contribution in [0.3, 0.4) is 0 Å². The van der Waals surface area contributed by atoms with Crippen molar-refractivity contribution in [3.05, 3.63) is 71.7 Å². The Morgan fingerprint density at radius 1 is 1.06 bits per heavy atom. The van der Waals surface area contributed by atoms with E-state index < -0.39 is 11.9 Å². The predicted octanol–water partition coefficient (Wildman–Crippen LogP) is 3.19. The number of imide groups is 1. The molecule has 1 atom stereocenters. The average molecular weight is 654 g/mol. The van der Waals surface area contributed by atoms with Crippen LogP contribution in [0.15, 0.2) is 54.7 Å². The lowest BCUT2D eigenvalue weighted by Crippen LogP contribution is -2.48. The maximum Gasteiger partial charge on any atom is 0.354 e. The molecule has 0 bridgehead atoms. The molecular weight excluding hydrogens is 614 g/mol. The average Bonchev–Trinajstić information content (AvgIpc) is 3.41. The van der Waals surface area contributed by atoms with Crippen molar-refractivity contribution in [3.8, 4) is 16.9 Å². The van der Waals surface area contributed by atoms with E-state index in [4.69, 9.17) is 4.74 Å².